The van der Waals surface area contributed by atoms with E-state index in [0.29, 0.717) is 22.6 Å². The molecular formula is C20H15ClF6N2O4S. The van der Waals surface area contributed by atoms with Crippen molar-refractivity contribution in [3.05, 3.63) is 53.6 Å². The molecule has 2 heterocycles. The van der Waals surface area contributed by atoms with E-state index < -0.39 is 33.2 Å². The molecule has 2 aliphatic rings. The first kappa shape index (κ1) is 25.8. The van der Waals surface area contributed by atoms with E-state index >= 15 is 0 Å². The lowest BCUT2D eigenvalue weighted by Gasteiger charge is -2.18. The molecule has 0 N–H and O–H groups in total. The van der Waals surface area contributed by atoms with Crippen molar-refractivity contribution in [1.29, 1.82) is 0 Å². The number of benzene rings is 2. The van der Waals surface area contributed by atoms with Gasteiger partial charge >= 0.3 is 24.2 Å². The van der Waals surface area contributed by atoms with Gasteiger partial charge in [0.15, 0.2) is 0 Å². The first-order valence-electron chi connectivity index (χ1n) is 9.53. The van der Waals surface area contributed by atoms with Crippen molar-refractivity contribution in [3.63, 3.8) is 0 Å². The van der Waals surface area contributed by atoms with Gasteiger partial charge in [0.05, 0.1) is 4.90 Å². The summed E-state index contributed by atoms with van der Waals surface area (Å²) in [6, 6.07) is 10.1. The number of alkyl halides is 6. The van der Waals surface area contributed by atoms with E-state index in [1.165, 1.54) is 12.1 Å². The maximum atomic E-state index is 12.4. The Balaban J connectivity index is 0.000000196. The molecule has 2 aliphatic heterocycles. The highest BCUT2D eigenvalue weighted by atomic mass is 35.7. The van der Waals surface area contributed by atoms with Gasteiger partial charge in [-0.1, -0.05) is 18.2 Å². The number of halogens is 7. The van der Waals surface area contributed by atoms with Crippen molar-refractivity contribution >= 4 is 42.9 Å². The van der Waals surface area contributed by atoms with Crippen molar-refractivity contribution < 1.29 is 44.3 Å². The molecule has 0 atom stereocenters. The van der Waals surface area contributed by atoms with Gasteiger partial charge in [0.2, 0.25) is 0 Å². The van der Waals surface area contributed by atoms with Crippen LogP contribution in [0.1, 0.15) is 11.1 Å². The number of rotatable bonds is 1. The SMILES string of the molecule is O=C(N1CCc2cc(S(=O)(=O)Cl)ccc21)C(F)(F)F.O=C(N1CCc2ccccc21)C(F)(F)F. The van der Waals surface area contributed by atoms with Crippen LogP contribution in [0.4, 0.5) is 37.7 Å². The summed E-state index contributed by atoms with van der Waals surface area (Å²) in [4.78, 5) is 23.4. The third-order valence-corrected chi connectivity index (χ3v) is 6.44. The van der Waals surface area contributed by atoms with Gasteiger partial charge in [0.1, 0.15) is 0 Å². The number of carbonyl (C=O) groups excluding carboxylic acids is 2. The van der Waals surface area contributed by atoms with Crippen molar-refractivity contribution in [2.75, 3.05) is 22.9 Å². The number of para-hydroxylation sites is 1. The summed E-state index contributed by atoms with van der Waals surface area (Å²) < 4.78 is 95.9. The summed E-state index contributed by atoms with van der Waals surface area (Å²) in [6.07, 6.45) is -9.12. The smallest absolute Gasteiger partial charge is 0.304 e. The van der Waals surface area contributed by atoms with Crippen LogP contribution in [0.25, 0.3) is 0 Å². The molecule has 0 saturated carbocycles. The average Bonchev–Trinajstić information content (AvgIpc) is 3.35. The lowest BCUT2D eigenvalue weighted by atomic mass is 10.2. The Morgan fingerprint density at radius 3 is 1.74 bits per heavy atom. The number of nitrogens with zero attached hydrogens (tertiary/aromatic N) is 2. The van der Waals surface area contributed by atoms with Crippen LogP contribution < -0.4 is 9.80 Å². The highest BCUT2D eigenvalue weighted by Gasteiger charge is 2.45. The van der Waals surface area contributed by atoms with Gasteiger partial charge in [0, 0.05) is 35.1 Å². The Morgan fingerprint density at radius 1 is 0.765 bits per heavy atom. The zero-order chi connectivity index (χ0) is 25.5. The maximum absolute atomic E-state index is 12.4. The van der Waals surface area contributed by atoms with E-state index in [4.69, 9.17) is 10.7 Å². The molecule has 14 heteroatoms. The second kappa shape index (κ2) is 9.10. The van der Waals surface area contributed by atoms with Crippen molar-refractivity contribution in [1.82, 2.24) is 0 Å². The average molecular weight is 529 g/mol. The van der Waals surface area contributed by atoms with E-state index in [9.17, 15) is 44.3 Å². The minimum Gasteiger partial charge on any atom is -0.304 e. The monoisotopic (exact) mass is 528 g/mol. The molecular weight excluding hydrogens is 514 g/mol. The highest BCUT2D eigenvalue weighted by Crippen LogP contribution is 2.34. The Kier molecular flexibility index (Phi) is 6.91. The normalized spacial score (nSPS) is 15.4. The minimum absolute atomic E-state index is 0.0615. The lowest BCUT2D eigenvalue weighted by molar-refractivity contribution is -0.170. The summed E-state index contributed by atoms with van der Waals surface area (Å²) >= 11 is 0. The molecule has 34 heavy (non-hydrogen) atoms. The summed E-state index contributed by atoms with van der Waals surface area (Å²) in [5.41, 5.74) is 1.57. The molecule has 2 amide bonds. The molecule has 6 nitrogen and oxygen atoms in total. The summed E-state index contributed by atoms with van der Waals surface area (Å²) in [7, 11) is 1.20. The van der Waals surface area contributed by atoms with E-state index in [2.05, 4.69) is 0 Å². The molecule has 0 bridgehead atoms. The van der Waals surface area contributed by atoms with Crippen LogP contribution in [0.15, 0.2) is 47.4 Å². The molecule has 2 aromatic rings. The lowest BCUT2D eigenvalue weighted by Crippen LogP contribution is -2.40. The Hall–Kier alpha value is -2.80. The second-order valence-electron chi connectivity index (χ2n) is 7.27. The van der Waals surface area contributed by atoms with Gasteiger partial charge in [-0.05, 0) is 48.2 Å². The predicted octanol–water partition coefficient (Wildman–Crippen LogP) is 4.20. The fourth-order valence-electron chi connectivity index (χ4n) is 3.60. The van der Waals surface area contributed by atoms with Crippen LogP contribution in [-0.4, -0.2) is 45.7 Å². The van der Waals surface area contributed by atoms with Crippen molar-refractivity contribution in [2.24, 2.45) is 0 Å². The number of amides is 2. The van der Waals surface area contributed by atoms with Crippen LogP contribution in [0.5, 0.6) is 0 Å². The molecule has 0 fully saturated rings. The summed E-state index contributed by atoms with van der Waals surface area (Å²) in [6.45, 7) is -0.0306. The Morgan fingerprint density at radius 2 is 1.24 bits per heavy atom. The van der Waals surface area contributed by atoms with Crippen LogP contribution in [-0.2, 0) is 31.5 Å². The van der Waals surface area contributed by atoms with Gasteiger partial charge in [-0.3, -0.25) is 9.59 Å². The molecule has 0 aliphatic carbocycles. The number of anilines is 2. The number of fused-ring (bicyclic) bond motifs is 2. The van der Waals surface area contributed by atoms with E-state index in [1.54, 1.807) is 18.2 Å². The molecule has 4 rings (SSSR count). The standard InChI is InChI=1S/C10H7ClF3NO3S.C10H8F3NO/c11-19(17,18)7-1-2-8-6(5-7)3-4-15(8)9(16)10(12,13)14;11-10(12,13)9(15)14-6-5-7-3-1-2-4-8(7)14/h1-2,5H,3-4H2;1-4H,5-6H2. The third kappa shape index (κ3) is 5.46. The molecule has 184 valence electrons. The number of carbonyl (C=O) groups is 2. The molecule has 2 aromatic carbocycles. The minimum atomic E-state index is -4.96. The molecule has 0 unspecified atom stereocenters. The highest BCUT2D eigenvalue weighted by molar-refractivity contribution is 8.13. The predicted molar refractivity (Wildman–Crippen MR) is 110 cm³/mol. The summed E-state index contributed by atoms with van der Waals surface area (Å²) in [5.74, 6) is -3.75. The first-order chi connectivity index (χ1) is 15.6. The summed E-state index contributed by atoms with van der Waals surface area (Å²) in [5, 5.41) is 0. The van der Waals surface area contributed by atoms with Crippen LogP contribution in [0.3, 0.4) is 0 Å². The first-order valence-corrected chi connectivity index (χ1v) is 11.8. The largest absolute Gasteiger partial charge is 0.471 e. The maximum Gasteiger partial charge on any atom is 0.471 e. The molecule has 0 spiro atoms. The quantitative estimate of drug-likeness (QED) is 0.411. The molecule has 0 saturated heterocycles. The Labute approximate surface area is 194 Å². The van der Waals surface area contributed by atoms with Gasteiger partial charge in [-0.25, -0.2) is 8.42 Å². The van der Waals surface area contributed by atoms with Crippen molar-refractivity contribution in [2.45, 2.75) is 30.1 Å². The van der Waals surface area contributed by atoms with Crippen LogP contribution in [0.2, 0.25) is 0 Å². The number of hydrogen-bond donors (Lipinski definition) is 0. The Bertz CT molecular complexity index is 1230. The third-order valence-electron chi connectivity index (χ3n) is 5.09. The fraction of sp³-hybridized carbons (Fsp3) is 0.300. The van der Waals surface area contributed by atoms with Gasteiger partial charge in [-0.15, -0.1) is 0 Å². The van der Waals surface area contributed by atoms with Crippen LogP contribution in [0, 0.1) is 0 Å². The van der Waals surface area contributed by atoms with Gasteiger partial charge < -0.3 is 9.80 Å². The van der Waals surface area contributed by atoms with E-state index in [1.807, 2.05) is 0 Å². The van der Waals surface area contributed by atoms with E-state index in [0.717, 1.165) is 22.6 Å². The zero-order valence-corrected chi connectivity index (χ0v) is 18.5. The topological polar surface area (TPSA) is 74.8 Å². The van der Waals surface area contributed by atoms with E-state index in [-0.39, 0.29) is 30.1 Å². The fourth-order valence-corrected chi connectivity index (χ4v) is 4.40. The number of hydrogen-bond acceptors (Lipinski definition) is 4. The zero-order valence-electron chi connectivity index (χ0n) is 17.0. The molecule has 0 aromatic heterocycles. The van der Waals surface area contributed by atoms with Gasteiger partial charge in [-0.2, -0.15) is 26.3 Å². The van der Waals surface area contributed by atoms with Crippen molar-refractivity contribution in [3.8, 4) is 0 Å². The van der Waals surface area contributed by atoms with Gasteiger partial charge in [0.25, 0.3) is 9.05 Å². The molecule has 0 radical (unpaired) electrons. The second-order valence-corrected chi connectivity index (χ2v) is 9.83. The van der Waals surface area contributed by atoms with Crippen LogP contribution >= 0.6 is 10.7 Å².